The molecule has 4 atom stereocenters. The van der Waals surface area contributed by atoms with E-state index in [1.54, 1.807) is 0 Å². The van der Waals surface area contributed by atoms with Crippen LogP contribution < -0.4 is 15.9 Å². The van der Waals surface area contributed by atoms with Crippen molar-refractivity contribution < 1.29 is 8.78 Å². The second-order valence-electron chi connectivity index (χ2n) is 6.76. The Morgan fingerprint density at radius 3 is 2.77 bits per heavy atom. The van der Waals surface area contributed by atoms with Gasteiger partial charge in [-0.25, -0.2) is 8.78 Å². The van der Waals surface area contributed by atoms with Crippen LogP contribution >= 0.6 is 9.24 Å². The summed E-state index contributed by atoms with van der Waals surface area (Å²) in [6.07, 6.45) is 2.59. The van der Waals surface area contributed by atoms with E-state index in [9.17, 15) is 8.78 Å². The third-order valence-electron chi connectivity index (χ3n) is 5.84. The van der Waals surface area contributed by atoms with Crippen molar-refractivity contribution in [2.75, 3.05) is 24.5 Å². The summed E-state index contributed by atoms with van der Waals surface area (Å²) in [4.78, 5) is 3.87. The van der Waals surface area contributed by atoms with E-state index in [-0.39, 0.29) is 23.1 Å². The Morgan fingerprint density at radius 2 is 2.18 bits per heavy atom. The van der Waals surface area contributed by atoms with E-state index in [0.717, 1.165) is 19.4 Å². The van der Waals surface area contributed by atoms with E-state index in [1.807, 2.05) is 9.71 Å². The largest absolute Gasteiger partial charge is 0.366 e. The van der Waals surface area contributed by atoms with Crippen LogP contribution in [0.25, 0.3) is 0 Å². The van der Waals surface area contributed by atoms with Gasteiger partial charge in [0.25, 0.3) is 0 Å². The summed E-state index contributed by atoms with van der Waals surface area (Å²) in [6.45, 7) is 1.74. The molecule has 1 aromatic carbocycles. The van der Waals surface area contributed by atoms with Crippen molar-refractivity contribution in [2.24, 2.45) is 11.1 Å². The van der Waals surface area contributed by atoms with Crippen LogP contribution in [0.4, 0.5) is 14.5 Å². The number of rotatable bonds is 3. The van der Waals surface area contributed by atoms with Crippen molar-refractivity contribution in [2.45, 2.75) is 31.3 Å². The van der Waals surface area contributed by atoms with Gasteiger partial charge in [0.1, 0.15) is 11.6 Å². The maximum atomic E-state index is 14.6. The molecule has 2 heterocycles. The van der Waals surface area contributed by atoms with E-state index >= 15 is 0 Å². The molecule has 3 fully saturated rings. The third kappa shape index (κ3) is 1.72. The highest BCUT2D eigenvalue weighted by atomic mass is 31.0. The number of anilines is 1. The molecule has 1 aliphatic carbocycles. The van der Waals surface area contributed by atoms with E-state index in [4.69, 9.17) is 13.7 Å². The zero-order chi connectivity index (χ0) is 15.6. The Bertz CT molecular complexity index is 644. The van der Waals surface area contributed by atoms with Gasteiger partial charge in [-0.2, -0.15) is 0 Å². The minimum atomic E-state index is -0.369. The first-order chi connectivity index (χ1) is 10.5. The van der Waals surface area contributed by atoms with Crippen molar-refractivity contribution in [1.82, 2.24) is 4.81 Å². The lowest BCUT2D eigenvalue weighted by Crippen LogP contribution is -2.75. The summed E-state index contributed by atoms with van der Waals surface area (Å²) in [6, 6.07) is 1.98. The first-order valence-electron chi connectivity index (χ1n) is 7.74. The van der Waals surface area contributed by atoms with Crippen LogP contribution in [-0.2, 0) is 6.42 Å². The summed E-state index contributed by atoms with van der Waals surface area (Å²) in [5.74, 6) is -0.731. The van der Waals surface area contributed by atoms with Crippen molar-refractivity contribution in [3.8, 4) is 0 Å². The predicted molar refractivity (Wildman–Crippen MR) is 87.5 cm³/mol. The molecule has 1 spiro atoms. The molecule has 2 saturated heterocycles. The Balaban J connectivity index is 1.68. The molecule has 0 bridgehead atoms. The van der Waals surface area contributed by atoms with Gasteiger partial charge in [-0.05, 0) is 37.4 Å². The molecule has 116 valence electrons. The van der Waals surface area contributed by atoms with Crippen LogP contribution in [0.15, 0.2) is 6.07 Å². The zero-order valence-electron chi connectivity index (χ0n) is 12.4. The topological polar surface area (TPSA) is 32.5 Å². The number of benzene rings is 1. The van der Waals surface area contributed by atoms with Gasteiger partial charge in [0.05, 0.1) is 5.69 Å². The number of hydrogen-bond acceptors (Lipinski definition) is 3. The van der Waals surface area contributed by atoms with Crippen molar-refractivity contribution in [1.29, 1.82) is 0 Å². The van der Waals surface area contributed by atoms with Gasteiger partial charge in [-0.1, -0.05) is 0 Å². The smallest absolute Gasteiger partial charge is 0.183 e. The zero-order valence-corrected chi connectivity index (χ0v) is 13.5. The van der Waals surface area contributed by atoms with Crippen LogP contribution in [0, 0.1) is 17.0 Å². The molecule has 22 heavy (non-hydrogen) atoms. The van der Waals surface area contributed by atoms with Crippen molar-refractivity contribution in [3.63, 3.8) is 0 Å². The molecule has 1 saturated carbocycles. The molecule has 2 aliphatic heterocycles. The molecule has 7 heteroatoms. The Morgan fingerprint density at radius 1 is 1.41 bits per heavy atom. The minimum absolute atomic E-state index is 0.199. The van der Waals surface area contributed by atoms with Crippen LogP contribution in [0.3, 0.4) is 0 Å². The SMILES string of the molecule is [B]N1C2CCC23CN(c2c(F)cc(CCN)c(F)c2P)CC13. The van der Waals surface area contributed by atoms with Gasteiger partial charge in [-0.3, -0.25) is 0 Å². The molecule has 2 radical (unpaired) electrons. The standard InChI is InChI=1S/C15H19BF2N3P/c16-21-10-1-3-15(10)7-20(6-11(15)21)13-9(17)5-8(2-4-19)12(18)14(13)22/h5,10-11H,1-4,6-7,19,22H2. The van der Waals surface area contributed by atoms with Gasteiger partial charge < -0.3 is 15.4 Å². The van der Waals surface area contributed by atoms with Gasteiger partial charge in [-0.15, -0.1) is 9.24 Å². The molecule has 3 aliphatic rings. The number of nitrogens with two attached hydrogens (primary N) is 1. The lowest BCUT2D eigenvalue weighted by atomic mass is 9.52. The van der Waals surface area contributed by atoms with E-state index in [0.29, 0.717) is 42.1 Å². The molecular formula is C15H19BF2N3P. The van der Waals surface area contributed by atoms with Gasteiger partial charge in [0.2, 0.25) is 0 Å². The average molecular weight is 321 g/mol. The number of halogens is 2. The highest BCUT2D eigenvalue weighted by Crippen LogP contribution is 2.60. The molecule has 3 nitrogen and oxygen atoms in total. The van der Waals surface area contributed by atoms with E-state index < -0.39 is 0 Å². The second-order valence-corrected chi connectivity index (χ2v) is 7.34. The highest BCUT2D eigenvalue weighted by molar-refractivity contribution is 7.28. The maximum Gasteiger partial charge on any atom is 0.183 e. The van der Waals surface area contributed by atoms with Crippen LogP contribution in [0.2, 0.25) is 0 Å². The summed E-state index contributed by atoms with van der Waals surface area (Å²) in [7, 11) is 8.44. The predicted octanol–water partition coefficient (Wildman–Crippen LogP) is 0.703. The number of hydrogen-bond donors (Lipinski definition) is 1. The summed E-state index contributed by atoms with van der Waals surface area (Å²) >= 11 is 0. The first-order valence-corrected chi connectivity index (χ1v) is 8.31. The van der Waals surface area contributed by atoms with E-state index in [2.05, 4.69) is 9.24 Å². The Labute approximate surface area is 132 Å². The lowest BCUT2D eigenvalue weighted by Gasteiger charge is -2.67. The highest BCUT2D eigenvalue weighted by Gasteiger charge is 2.67. The molecule has 0 aromatic heterocycles. The van der Waals surface area contributed by atoms with Gasteiger partial charge in [0.15, 0.2) is 7.98 Å². The van der Waals surface area contributed by atoms with Crippen LogP contribution in [-0.4, -0.2) is 44.5 Å². The fourth-order valence-corrected chi connectivity index (χ4v) is 5.13. The van der Waals surface area contributed by atoms with Crippen molar-refractivity contribution >= 4 is 28.2 Å². The lowest BCUT2D eigenvalue weighted by molar-refractivity contribution is -0.123. The third-order valence-corrected chi connectivity index (χ3v) is 6.37. The second kappa shape index (κ2) is 4.89. The Kier molecular flexibility index (Phi) is 3.31. The molecular weight excluding hydrogens is 302 g/mol. The van der Waals surface area contributed by atoms with Gasteiger partial charge in [0, 0.05) is 35.9 Å². The van der Waals surface area contributed by atoms with Crippen LogP contribution in [0.1, 0.15) is 18.4 Å². The first kappa shape index (κ1) is 14.9. The maximum absolute atomic E-state index is 14.6. The van der Waals surface area contributed by atoms with Gasteiger partial charge >= 0.3 is 0 Å². The molecule has 1 aromatic rings. The molecule has 4 rings (SSSR count). The fourth-order valence-electron chi connectivity index (χ4n) is 4.62. The summed E-state index contributed by atoms with van der Waals surface area (Å²) < 4.78 is 29.0. The average Bonchev–Trinajstić information content (AvgIpc) is 2.84. The molecule has 2 N–H and O–H groups in total. The molecule has 4 unspecified atom stereocenters. The fraction of sp³-hybridized carbons (Fsp3) is 0.600. The number of nitrogens with zero attached hydrogens (tertiary/aromatic N) is 2. The minimum Gasteiger partial charge on any atom is -0.366 e. The van der Waals surface area contributed by atoms with E-state index in [1.165, 1.54) is 6.07 Å². The summed E-state index contributed by atoms with van der Waals surface area (Å²) in [5, 5.41) is 0.306. The number of piperidine rings is 1. The normalized spacial score (nSPS) is 33.2. The van der Waals surface area contributed by atoms with Crippen LogP contribution in [0.5, 0.6) is 0 Å². The Hall–Kier alpha value is -0.705. The molecule has 0 amide bonds. The monoisotopic (exact) mass is 321 g/mol. The van der Waals surface area contributed by atoms with Crippen molar-refractivity contribution in [3.05, 3.63) is 23.3 Å². The quantitative estimate of drug-likeness (QED) is 0.657. The summed E-state index contributed by atoms with van der Waals surface area (Å²) in [5.41, 5.74) is 6.37.